The molecule has 1 unspecified atom stereocenters. The molecule has 0 bridgehead atoms. The van der Waals surface area contributed by atoms with Crippen LogP contribution in [-0.2, 0) is 21.2 Å². The van der Waals surface area contributed by atoms with Crippen molar-refractivity contribution in [2.45, 2.75) is 9.79 Å². The molecule has 0 aromatic heterocycles. The maximum absolute atomic E-state index is 12.6. The van der Waals surface area contributed by atoms with E-state index in [-0.39, 0.29) is 4.90 Å². The highest BCUT2D eigenvalue weighted by molar-refractivity contribution is 9.10. The topological polar surface area (TPSA) is 98.3 Å². The van der Waals surface area contributed by atoms with E-state index in [1.165, 1.54) is 12.1 Å². The van der Waals surface area contributed by atoms with Gasteiger partial charge in [-0.05, 0) is 77.9 Å². The van der Waals surface area contributed by atoms with Gasteiger partial charge in [-0.25, -0.2) is 8.42 Å². The summed E-state index contributed by atoms with van der Waals surface area (Å²) < 4.78 is 40.0. The number of benzene rings is 3. The number of nitrogens with one attached hydrogen (secondary N) is 2. The first-order chi connectivity index (χ1) is 13.7. The molecular weight excluding hydrogens is 476 g/mol. The fraction of sp³-hybridized carbons (Fsp3) is 0.0500. The van der Waals surface area contributed by atoms with Gasteiger partial charge in [-0.15, -0.1) is 0 Å². The Kier molecular flexibility index (Phi) is 6.63. The van der Waals surface area contributed by atoms with E-state index in [1.807, 2.05) is 0 Å². The predicted molar refractivity (Wildman–Crippen MR) is 118 cm³/mol. The molecule has 29 heavy (non-hydrogen) atoms. The number of carbonyl (C=O) groups is 1. The van der Waals surface area contributed by atoms with Crippen LogP contribution in [0.25, 0.3) is 0 Å². The third kappa shape index (κ3) is 5.60. The van der Waals surface area contributed by atoms with Gasteiger partial charge in [-0.1, -0.05) is 22.0 Å². The molecule has 0 heterocycles. The van der Waals surface area contributed by atoms with Crippen LogP contribution in [0.3, 0.4) is 0 Å². The van der Waals surface area contributed by atoms with E-state index < -0.39 is 27.1 Å². The molecule has 0 saturated heterocycles. The van der Waals surface area contributed by atoms with Crippen molar-refractivity contribution >= 4 is 54.4 Å². The second kappa shape index (κ2) is 9.00. The first-order valence-corrected chi connectivity index (χ1v) is 12.2. The molecule has 1 atom stereocenters. The summed E-state index contributed by atoms with van der Waals surface area (Å²) in [6.07, 6.45) is 1.56. The van der Waals surface area contributed by atoms with Gasteiger partial charge in [0.2, 0.25) is 0 Å². The first-order valence-electron chi connectivity index (χ1n) is 8.38. The van der Waals surface area contributed by atoms with E-state index in [1.54, 1.807) is 66.9 Å². The molecule has 3 aromatic rings. The largest absolute Gasteiger partial charge is 0.612 e. The Morgan fingerprint density at radius 2 is 1.62 bits per heavy atom. The van der Waals surface area contributed by atoms with Crippen molar-refractivity contribution in [1.29, 1.82) is 0 Å². The lowest BCUT2D eigenvalue weighted by molar-refractivity contribution is 0.102. The van der Waals surface area contributed by atoms with Gasteiger partial charge >= 0.3 is 0 Å². The standard InChI is InChI=1S/C20H17BrN2O4S2/c1-28(25)18-11-5-14(6-12-18)20(24)22-17-3-2-4-19(13-17)29(26,27)23-16-9-7-15(21)8-10-16/h2-13,23H,1H3,(H,22,24). The van der Waals surface area contributed by atoms with E-state index in [9.17, 15) is 17.8 Å². The second-order valence-electron chi connectivity index (χ2n) is 6.07. The van der Waals surface area contributed by atoms with Gasteiger partial charge in [0.05, 0.1) is 4.90 Å². The number of rotatable bonds is 6. The zero-order chi connectivity index (χ0) is 21.0. The summed E-state index contributed by atoms with van der Waals surface area (Å²) in [5.41, 5.74) is 1.15. The average molecular weight is 493 g/mol. The molecule has 9 heteroatoms. The number of carbonyl (C=O) groups excluding carboxylic acids is 1. The Morgan fingerprint density at radius 3 is 2.24 bits per heavy atom. The molecule has 0 saturated carbocycles. The molecule has 0 fully saturated rings. The van der Waals surface area contributed by atoms with Crippen molar-refractivity contribution in [2.24, 2.45) is 0 Å². The van der Waals surface area contributed by atoms with Gasteiger partial charge in [0, 0.05) is 21.4 Å². The molecule has 3 aromatic carbocycles. The summed E-state index contributed by atoms with van der Waals surface area (Å²) in [7, 11) is -3.81. The van der Waals surface area contributed by atoms with E-state index in [4.69, 9.17) is 0 Å². The lowest BCUT2D eigenvalue weighted by atomic mass is 10.2. The molecule has 0 spiro atoms. The predicted octanol–water partition coefficient (Wildman–Crippen LogP) is 4.24. The summed E-state index contributed by atoms with van der Waals surface area (Å²) in [6.45, 7) is 0. The Morgan fingerprint density at radius 1 is 0.966 bits per heavy atom. The molecule has 2 N–H and O–H groups in total. The van der Waals surface area contributed by atoms with Gasteiger partial charge in [0.15, 0.2) is 4.90 Å². The number of anilines is 2. The molecular formula is C20H17BrN2O4S2. The smallest absolute Gasteiger partial charge is 0.261 e. The van der Waals surface area contributed by atoms with Crippen LogP contribution in [0.5, 0.6) is 0 Å². The molecule has 150 valence electrons. The SMILES string of the molecule is C[S+]([O-])c1ccc(C(=O)Nc2cccc(S(=O)(=O)Nc3ccc(Br)cc3)c2)cc1. The van der Waals surface area contributed by atoms with Gasteiger partial charge in [0.25, 0.3) is 15.9 Å². The monoisotopic (exact) mass is 492 g/mol. The maximum Gasteiger partial charge on any atom is 0.261 e. The number of hydrogen-bond acceptors (Lipinski definition) is 4. The minimum atomic E-state index is -3.81. The summed E-state index contributed by atoms with van der Waals surface area (Å²) in [5, 5.41) is 2.68. The second-order valence-corrected chi connectivity index (χ2v) is 10.1. The molecule has 0 aliphatic heterocycles. The fourth-order valence-corrected chi connectivity index (χ4v) is 4.36. The zero-order valence-electron chi connectivity index (χ0n) is 15.3. The Hall–Kier alpha value is -2.33. The third-order valence-electron chi connectivity index (χ3n) is 3.95. The number of halogens is 1. The highest BCUT2D eigenvalue weighted by Gasteiger charge is 2.16. The third-order valence-corrected chi connectivity index (χ3v) is 6.79. The van der Waals surface area contributed by atoms with E-state index in [0.717, 1.165) is 4.47 Å². The van der Waals surface area contributed by atoms with Crippen molar-refractivity contribution in [2.75, 3.05) is 16.3 Å². The van der Waals surface area contributed by atoms with Crippen molar-refractivity contribution in [3.05, 3.63) is 82.8 Å². The number of hydrogen-bond donors (Lipinski definition) is 2. The minimum absolute atomic E-state index is 0.0231. The quantitative estimate of drug-likeness (QED) is 0.502. The van der Waals surface area contributed by atoms with Crippen LogP contribution < -0.4 is 10.0 Å². The summed E-state index contributed by atoms with van der Waals surface area (Å²) in [6, 6.07) is 19.1. The van der Waals surface area contributed by atoms with E-state index in [2.05, 4.69) is 26.0 Å². The number of sulfonamides is 1. The zero-order valence-corrected chi connectivity index (χ0v) is 18.5. The molecule has 3 rings (SSSR count). The van der Waals surface area contributed by atoms with Crippen LogP contribution in [-0.4, -0.2) is 25.1 Å². The highest BCUT2D eigenvalue weighted by atomic mass is 79.9. The molecule has 6 nitrogen and oxygen atoms in total. The van der Waals surface area contributed by atoms with Crippen LogP contribution in [0.15, 0.2) is 87.1 Å². The van der Waals surface area contributed by atoms with Crippen molar-refractivity contribution in [1.82, 2.24) is 0 Å². The van der Waals surface area contributed by atoms with Crippen LogP contribution in [0, 0.1) is 0 Å². The Bertz CT molecular complexity index is 1120. The van der Waals surface area contributed by atoms with Gasteiger partial charge in [0.1, 0.15) is 6.26 Å². The normalized spacial score (nSPS) is 12.2. The lowest BCUT2D eigenvalue weighted by Crippen LogP contribution is -2.15. The highest BCUT2D eigenvalue weighted by Crippen LogP contribution is 2.21. The average Bonchev–Trinajstić information content (AvgIpc) is 2.70. The first kappa shape index (κ1) is 21.4. The lowest BCUT2D eigenvalue weighted by Gasteiger charge is -2.11. The fourth-order valence-electron chi connectivity index (χ4n) is 2.47. The molecule has 0 aliphatic carbocycles. The molecule has 0 aliphatic rings. The van der Waals surface area contributed by atoms with Crippen LogP contribution in [0.1, 0.15) is 10.4 Å². The van der Waals surface area contributed by atoms with E-state index in [0.29, 0.717) is 21.8 Å². The maximum atomic E-state index is 12.6. The van der Waals surface area contributed by atoms with Crippen molar-refractivity contribution in [3.8, 4) is 0 Å². The molecule has 0 radical (unpaired) electrons. The van der Waals surface area contributed by atoms with Gasteiger partial charge < -0.3 is 9.87 Å². The van der Waals surface area contributed by atoms with Gasteiger partial charge in [-0.2, -0.15) is 0 Å². The van der Waals surface area contributed by atoms with Crippen LogP contribution in [0.2, 0.25) is 0 Å². The Balaban J connectivity index is 1.76. The van der Waals surface area contributed by atoms with E-state index >= 15 is 0 Å². The summed E-state index contributed by atoms with van der Waals surface area (Å²) >= 11 is 2.17. The minimum Gasteiger partial charge on any atom is -0.612 e. The summed E-state index contributed by atoms with van der Waals surface area (Å²) in [4.78, 5) is 13.1. The van der Waals surface area contributed by atoms with Gasteiger partial charge in [-0.3, -0.25) is 9.52 Å². The van der Waals surface area contributed by atoms with Crippen LogP contribution in [0.4, 0.5) is 11.4 Å². The van der Waals surface area contributed by atoms with Crippen LogP contribution >= 0.6 is 15.9 Å². The van der Waals surface area contributed by atoms with Crippen molar-refractivity contribution in [3.63, 3.8) is 0 Å². The Labute approximate surface area is 180 Å². The number of amides is 1. The van der Waals surface area contributed by atoms with Crippen molar-refractivity contribution < 1.29 is 17.8 Å². The summed E-state index contributed by atoms with van der Waals surface area (Å²) in [5.74, 6) is -0.395. The molecule has 1 amide bonds.